The monoisotopic (exact) mass is 238 g/mol. The van der Waals surface area contributed by atoms with Crippen LogP contribution in [0.25, 0.3) is 0 Å². The van der Waals surface area contributed by atoms with Crippen LogP contribution in [0.15, 0.2) is 12.3 Å². The van der Waals surface area contributed by atoms with Crippen molar-refractivity contribution in [2.45, 2.75) is 38.4 Å². The Morgan fingerprint density at radius 1 is 1.38 bits per heavy atom. The SMILES string of the molecule is CC(C)(C)c1cc2c(cn1)CS(=N)(=O)CC2. The highest BCUT2D eigenvalue weighted by molar-refractivity contribution is 7.91. The third kappa shape index (κ3) is 2.26. The molecule has 0 radical (unpaired) electrons. The fourth-order valence-electron chi connectivity index (χ4n) is 1.90. The number of nitrogens with zero attached hydrogens (tertiary/aromatic N) is 1. The summed E-state index contributed by atoms with van der Waals surface area (Å²) < 4.78 is 19.3. The second-order valence-electron chi connectivity index (χ2n) is 5.50. The standard InChI is InChI=1S/C12H18N2OS/c1-12(2,3)11-6-9-4-5-16(13,15)8-10(9)7-14-11/h6-7,13H,4-5,8H2,1-3H3. The van der Waals surface area contributed by atoms with Crippen LogP contribution >= 0.6 is 0 Å². The predicted octanol–water partition coefficient (Wildman–Crippen LogP) is 2.48. The summed E-state index contributed by atoms with van der Waals surface area (Å²) in [7, 11) is -2.38. The summed E-state index contributed by atoms with van der Waals surface area (Å²) >= 11 is 0. The summed E-state index contributed by atoms with van der Waals surface area (Å²) in [6.07, 6.45) is 2.56. The summed E-state index contributed by atoms with van der Waals surface area (Å²) in [5.74, 6) is 0.868. The molecule has 1 aromatic heterocycles. The molecule has 1 aliphatic rings. The van der Waals surface area contributed by atoms with Gasteiger partial charge in [0.05, 0.1) is 5.75 Å². The lowest BCUT2D eigenvalue weighted by Crippen LogP contribution is -2.21. The molecule has 1 aromatic rings. The third-order valence-corrected chi connectivity index (χ3v) is 4.58. The van der Waals surface area contributed by atoms with Crippen LogP contribution in [-0.2, 0) is 27.3 Å². The Morgan fingerprint density at radius 2 is 2.06 bits per heavy atom. The summed E-state index contributed by atoms with van der Waals surface area (Å²) in [6.45, 7) is 6.41. The van der Waals surface area contributed by atoms with Crippen LogP contribution in [0.2, 0.25) is 0 Å². The first kappa shape index (κ1) is 11.6. The molecule has 0 bridgehead atoms. The first-order valence-electron chi connectivity index (χ1n) is 5.50. The van der Waals surface area contributed by atoms with Gasteiger partial charge < -0.3 is 0 Å². The second-order valence-corrected chi connectivity index (χ2v) is 7.82. The highest BCUT2D eigenvalue weighted by atomic mass is 32.2. The number of aromatic nitrogens is 1. The van der Waals surface area contributed by atoms with Crippen LogP contribution in [0.3, 0.4) is 0 Å². The van der Waals surface area contributed by atoms with Crippen molar-refractivity contribution in [2.75, 3.05) is 5.75 Å². The first-order chi connectivity index (χ1) is 7.28. The number of pyridine rings is 1. The summed E-state index contributed by atoms with van der Waals surface area (Å²) in [4.78, 5) is 4.42. The number of hydrogen-bond acceptors (Lipinski definition) is 3. The van der Waals surface area contributed by atoms with Gasteiger partial charge in [-0.3, -0.25) is 9.76 Å². The largest absolute Gasteiger partial charge is 0.260 e. The topological polar surface area (TPSA) is 53.8 Å². The van der Waals surface area contributed by atoms with Gasteiger partial charge in [-0.05, 0) is 23.6 Å². The fraction of sp³-hybridized carbons (Fsp3) is 0.583. The number of aryl methyl sites for hydroxylation is 1. The van der Waals surface area contributed by atoms with E-state index >= 15 is 0 Å². The average molecular weight is 238 g/mol. The van der Waals surface area contributed by atoms with Gasteiger partial charge in [-0.2, -0.15) is 0 Å². The van der Waals surface area contributed by atoms with Crippen molar-refractivity contribution in [3.05, 3.63) is 29.1 Å². The van der Waals surface area contributed by atoms with Gasteiger partial charge in [-0.15, -0.1) is 0 Å². The Balaban J connectivity index is 2.43. The van der Waals surface area contributed by atoms with Crippen molar-refractivity contribution in [1.29, 1.82) is 4.78 Å². The molecular weight excluding hydrogens is 220 g/mol. The molecule has 3 nitrogen and oxygen atoms in total. The maximum absolute atomic E-state index is 11.7. The van der Waals surface area contributed by atoms with Crippen LogP contribution < -0.4 is 0 Å². The number of nitrogens with one attached hydrogen (secondary N) is 1. The summed E-state index contributed by atoms with van der Waals surface area (Å²) in [5, 5.41) is 0. The van der Waals surface area contributed by atoms with Crippen LogP contribution in [0.4, 0.5) is 0 Å². The van der Waals surface area contributed by atoms with Gasteiger partial charge in [0, 0.05) is 32.8 Å². The molecule has 0 aliphatic carbocycles. The fourth-order valence-corrected chi connectivity index (χ4v) is 3.35. The predicted molar refractivity (Wildman–Crippen MR) is 66.1 cm³/mol. The van der Waals surface area contributed by atoms with Crippen molar-refractivity contribution < 1.29 is 4.21 Å². The van der Waals surface area contributed by atoms with Crippen molar-refractivity contribution in [3.8, 4) is 0 Å². The highest BCUT2D eigenvalue weighted by Gasteiger charge is 2.22. The Hall–Kier alpha value is -0.900. The van der Waals surface area contributed by atoms with E-state index in [-0.39, 0.29) is 5.41 Å². The number of rotatable bonds is 0. The Kier molecular flexibility index (Phi) is 2.57. The van der Waals surface area contributed by atoms with E-state index in [1.54, 1.807) is 0 Å². The van der Waals surface area contributed by atoms with E-state index in [1.807, 2.05) is 6.20 Å². The van der Waals surface area contributed by atoms with Gasteiger partial charge in [0.15, 0.2) is 0 Å². The van der Waals surface area contributed by atoms with E-state index < -0.39 is 9.73 Å². The molecule has 1 atom stereocenters. The molecule has 16 heavy (non-hydrogen) atoms. The second kappa shape index (κ2) is 3.55. The van der Waals surface area contributed by atoms with Crippen molar-refractivity contribution in [1.82, 2.24) is 4.98 Å². The van der Waals surface area contributed by atoms with E-state index in [0.717, 1.165) is 17.7 Å². The van der Waals surface area contributed by atoms with Crippen LogP contribution in [0.1, 0.15) is 37.6 Å². The Labute approximate surface area is 97.3 Å². The zero-order chi connectivity index (χ0) is 12.0. The van der Waals surface area contributed by atoms with Gasteiger partial charge in [-0.1, -0.05) is 20.8 Å². The molecule has 0 amide bonds. The minimum atomic E-state index is -2.38. The molecule has 1 aliphatic heterocycles. The zero-order valence-electron chi connectivity index (χ0n) is 10.0. The lowest BCUT2D eigenvalue weighted by atomic mass is 9.90. The first-order valence-corrected chi connectivity index (χ1v) is 7.40. The highest BCUT2D eigenvalue weighted by Crippen LogP contribution is 2.26. The van der Waals surface area contributed by atoms with Crippen molar-refractivity contribution >= 4 is 9.73 Å². The van der Waals surface area contributed by atoms with Crippen LogP contribution in [-0.4, -0.2) is 14.9 Å². The van der Waals surface area contributed by atoms with E-state index in [1.165, 1.54) is 5.56 Å². The molecule has 0 saturated heterocycles. The Bertz CT molecular complexity index is 512. The quantitative estimate of drug-likeness (QED) is 0.755. The van der Waals surface area contributed by atoms with Gasteiger partial charge in [0.1, 0.15) is 0 Å². The summed E-state index contributed by atoms with van der Waals surface area (Å²) in [5.41, 5.74) is 3.35. The molecule has 0 fully saturated rings. The van der Waals surface area contributed by atoms with E-state index in [9.17, 15) is 4.21 Å². The smallest absolute Gasteiger partial charge is 0.0584 e. The van der Waals surface area contributed by atoms with Crippen molar-refractivity contribution in [3.63, 3.8) is 0 Å². The lowest BCUT2D eigenvalue weighted by molar-refractivity contribution is 0.567. The van der Waals surface area contributed by atoms with Crippen LogP contribution in [0.5, 0.6) is 0 Å². The molecule has 1 unspecified atom stereocenters. The van der Waals surface area contributed by atoms with E-state index in [2.05, 4.69) is 31.8 Å². The van der Waals surface area contributed by atoms with Crippen molar-refractivity contribution in [2.24, 2.45) is 0 Å². The molecule has 0 aromatic carbocycles. The minimum absolute atomic E-state index is 0.0504. The lowest BCUT2D eigenvalue weighted by Gasteiger charge is -2.23. The average Bonchev–Trinajstić information content (AvgIpc) is 2.14. The molecule has 2 heterocycles. The molecule has 4 heteroatoms. The summed E-state index contributed by atoms with van der Waals surface area (Å²) in [6, 6.07) is 2.12. The van der Waals surface area contributed by atoms with Gasteiger partial charge in [0.2, 0.25) is 0 Å². The zero-order valence-corrected chi connectivity index (χ0v) is 10.9. The maximum atomic E-state index is 11.7. The number of hydrogen-bond donors (Lipinski definition) is 1. The van der Waals surface area contributed by atoms with Gasteiger partial charge >= 0.3 is 0 Å². The van der Waals surface area contributed by atoms with Crippen LogP contribution in [0, 0.1) is 4.78 Å². The molecular formula is C12H18N2OS. The number of fused-ring (bicyclic) bond motifs is 1. The molecule has 88 valence electrons. The van der Waals surface area contributed by atoms with Gasteiger partial charge in [0.25, 0.3) is 0 Å². The minimum Gasteiger partial charge on any atom is -0.260 e. The van der Waals surface area contributed by atoms with Gasteiger partial charge in [-0.25, -0.2) is 4.21 Å². The molecule has 0 saturated carbocycles. The Morgan fingerprint density at radius 3 is 2.69 bits per heavy atom. The molecule has 2 rings (SSSR count). The molecule has 1 N–H and O–H groups in total. The van der Waals surface area contributed by atoms with E-state index in [4.69, 9.17) is 4.78 Å². The third-order valence-electron chi connectivity index (χ3n) is 2.94. The van der Waals surface area contributed by atoms with E-state index in [0.29, 0.717) is 11.5 Å². The molecule has 0 spiro atoms. The normalized spacial score (nSPS) is 25.2. The maximum Gasteiger partial charge on any atom is 0.0584 e.